The third-order valence-corrected chi connectivity index (χ3v) is 4.66. The molecule has 0 saturated heterocycles. The van der Waals surface area contributed by atoms with Crippen molar-refractivity contribution in [3.05, 3.63) is 59.4 Å². The highest BCUT2D eigenvalue weighted by Gasteiger charge is 2.17. The van der Waals surface area contributed by atoms with Crippen molar-refractivity contribution < 1.29 is 0 Å². The zero-order valence-electron chi connectivity index (χ0n) is 15.3. The maximum absolute atomic E-state index is 4.70. The van der Waals surface area contributed by atoms with Crippen molar-refractivity contribution >= 4 is 11.5 Å². The van der Waals surface area contributed by atoms with Gasteiger partial charge >= 0.3 is 0 Å². The summed E-state index contributed by atoms with van der Waals surface area (Å²) in [5, 5.41) is 21.2. The lowest BCUT2D eigenvalue weighted by Gasteiger charge is -2.15. The average molecular weight is 347 g/mol. The lowest BCUT2D eigenvalue weighted by molar-refractivity contribution is 0.728. The lowest BCUT2D eigenvalue weighted by Crippen LogP contribution is -2.11. The molecule has 1 N–H and O–H groups in total. The summed E-state index contributed by atoms with van der Waals surface area (Å²) in [6.45, 7) is 6.23. The van der Waals surface area contributed by atoms with Crippen molar-refractivity contribution in [1.82, 2.24) is 29.6 Å². The summed E-state index contributed by atoms with van der Waals surface area (Å²) in [6, 6.07) is 13.9. The summed E-state index contributed by atoms with van der Waals surface area (Å²) in [5.74, 6) is 1.50. The van der Waals surface area contributed by atoms with Crippen LogP contribution < -0.4 is 5.32 Å². The number of rotatable bonds is 4. The summed E-state index contributed by atoms with van der Waals surface area (Å²) in [6.07, 6.45) is 0. The molecule has 0 unspecified atom stereocenters. The molecule has 0 spiro atoms. The predicted octanol–water partition coefficient (Wildman–Crippen LogP) is 3.31. The number of fused-ring (bicyclic) bond motifs is 1. The second-order valence-electron chi connectivity index (χ2n) is 6.45. The molecule has 0 aliphatic rings. The molecule has 0 radical (unpaired) electrons. The summed E-state index contributed by atoms with van der Waals surface area (Å²) >= 11 is 0. The molecule has 7 nitrogen and oxygen atoms in total. The van der Waals surface area contributed by atoms with Gasteiger partial charge in [-0.2, -0.15) is 9.61 Å². The molecule has 132 valence electrons. The summed E-state index contributed by atoms with van der Waals surface area (Å²) in [5.41, 5.74) is 5.08. The minimum absolute atomic E-state index is 0.0882. The molecule has 0 saturated carbocycles. The van der Waals surface area contributed by atoms with Gasteiger partial charge in [0.25, 0.3) is 0 Å². The smallest absolute Gasteiger partial charge is 0.185 e. The number of nitrogens with one attached hydrogen (secondary N) is 1. The maximum Gasteiger partial charge on any atom is 0.185 e. The molecule has 4 rings (SSSR count). The minimum Gasteiger partial charge on any atom is -0.362 e. The first-order chi connectivity index (χ1) is 12.5. The summed E-state index contributed by atoms with van der Waals surface area (Å²) in [4.78, 5) is 0. The number of aryl methyl sites for hydroxylation is 2. The van der Waals surface area contributed by atoms with Crippen LogP contribution in [0.5, 0.6) is 0 Å². The average Bonchev–Trinajstić information content (AvgIpc) is 3.16. The molecule has 4 aromatic rings. The Labute approximate surface area is 151 Å². The predicted molar refractivity (Wildman–Crippen MR) is 101 cm³/mol. The molecule has 26 heavy (non-hydrogen) atoms. The molecule has 0 bridgehead atoms. The van der Waals surface area contributed by atoms with Crippen molar-refractivity contribution in [2.75, 3.05) is 5.32 Å². The highest BCUT2D eigenvalue weighted by molar-refractivity contribution is 5.59. The monoisotopic (exact) mass is 347 g/mol. The van der Waals surface area contributed by atoms with Gasteiger partial charge in [0.05, 0.1) is 11.7 Å². The highest BCUT2D eigenvalue weighted by atomic mass is 15.4. The second kappa shape index (κ2) is 6.25. The molecular weight excluding hydrogens is 326 g/mol. The van der Waals surface area contributed by atoms with Crippen molar-refractivity contribution in [3.8, 4) is 11.4 Å². The largest absolute Gasteiger partial charge is 0.362 e. The SMILES string of the molecule is Cc1nn(C)c(C)c1[C@@H](C)Nc1ccc2nnc(-c3ccccc3)n2n1. The van der Waals surface area contributed by atoms with Gasteiger partial charge in [-0.15, -0.1) is 15.3 Å². The van der Waals surface area contributed by atoms with Crippen molar-refractivity contribution in [2.24, 2.45) is 7.05 Å². The molecule has 1 aromatic carbocycles. The van der Waals surface area contributed by atoms with Crippen LogP contribution in [0.4, 0.5) is 5.82 Å². The number of benzene rings is 1. The molecule has 1 atom stereocenters. The van der Waals surface area contributed by atoms with Crippen LogP contribution in [0.2, 0.25) is 0 Å². The Morgan fingerprint density at radius 1 is 0.962 bits per heavy atom. The van der Waals surface area contributed by atoms with E-state index in [0.29, 0.717) is 0 Å². The number of hydrogen-bond donors (Lipinski definition) is 1. The quantitative estimate of drug-likeness (QED) is 0.613. The zero-order chi connectivity index (χ0) is 18.3. The van der Waals surface area contributed by atoms with Crippen LogP contribution in [0, 0.1) is 13.8 Å². The first kappa shape index (κ1) is 16.3. The van der Waals surface area contributed by atoms with E-state index in [9.17, 15) is 0 Å². The van der Waals surface area contributed by atoms with Crippen LogP contribution in [0.25, 0.3) is 17.0 Å². The Kier molecular flexibility index (Phi) is 3.91. The Morgan fingerprint density at radius 3 is 2.42 bits per heavy atom. The van der Waals surface area contributed by atoms with Crippen LogP contribution in [0.15, 0.2) is 42.5 Å². The third kappa shape index (κ3) is 2.71. The van der Waals surface area contributed by atoms with Crippen LogP contribution in [-0.2, 0) is 7.05 Å². The van der Waals surface area contributed by atoms with Gasteiger partial charge in [0.1, 0.15) is 5.82 Å². The molecule has 0 fully saturated rings. The number of nitrogens with zero attached hydrogens (tertiary/aromatic N) is 6. The molecule has 0 aliphatic carbocycles. The van der Waals surface area contributed by atoms with Gasteiger partial charge in [0.2, 0.25) is 0 Å². The lowest BCUT2D eigenvalue weighted by atomic mass is 10.1. The van der Waals surface area contributed by atoms with Crippen molar-refractivity contribution in [3.63, 3.8) is 0 Å². The van der Waals surface area contributed by atoms with Gasteiger partial charge in [-0.1, -0.05) is 30.3 Å². The normalized spacial score (nSPS) is 12.5. The fraction of sp³-hybridized carbons (Fsp3) is 0.263. The van der Waals surface area contributed by atoms with E-state index in [1.54, 1.807) is 4.52 Å². The summed E-state index contributed by atoms with van der Waals surface area (Å²) in [7, 11) is 1.96. The first-order valence-electron chi connectivity index (χ1n) is 8.59. The van der Waals surface area contributed by atoms with Gasteiger partial charge in [-0.25, -0.2) is 0 Å². The number of aromatic nitrogens is 6. The second-order valence-corrected chi connectivity index (χ2v) is 6.45. The zero-order valence-corrected chi connectivity index (χ0v) is 15.3. The molecule has 7 heteroatoms. The number of anilines is 1. The Hall–Kier alpha value is -3.22. The minimum atomic E-state index is 0.0882. The third-order valence-electron chi connectivity index (χ3n) is 4.66. The molecular formula is C19H21N7. The standard InChI is InChI=1S/C19H21N7/c1-12(18-13(2)23-25(4)14(18)3)20-16-10-11-17-21-22-19(26(17)24-16)15-8-6-5-7-9-15/h5-12H,1-4H3,(H,20,24)/t12-/m1/s1. The Morgan fingerprint density at radius 2 is 1.73 bits per heavy atom. The van der Waals surface area contributed by atoms with E-state index in [0.717, 1.165) is 34.2 Å². The summed E-state index contributed by atoms with van der Waals surface area (Å²) < 4.78 is 3.68. The number of hydrogen-bond acceptors (Lipinski definition) is 5. The van der Waals surface area contributed by atoms with Crippen LogP contribution >= 0.6 is 0 Å². The van der Waals surface area contributed by atoms with Crippen LogP contribution in [0.1, 0.15) is 29.9 Å². The van der Waals surface area contributed by atoms with E-state index in [4.69, 9.17) is 5.10 Å². The molecule has 0 amide bonds. The maximum atomic E-state index is 4.70. The van der Waals surface area contributed by atoms with Crippen LogP contribution in [-0.4, -0.2) is 29.6 Å². The highest BCUT2D eigenvalue weighted by Crippen LogP contribution is 2.24. The van der Waals surface area contributed by atoms with E-state index in [2.05, 4.69) is 34.5 Å². The Bertz CT molecular complexity index is 1060. The van der Waals surface area contributed by atoms with E-state index in [1.165, 1.54) is 5.56 Å². The van der Waals surface area contributed by atoms with Gasteiger partial charge in [0.15, 0.2) is 11.5 Å². The molecule has 3 aromatic heterocycles. The fourth-order valence-electron chi connectivity index (χ4n) is 3.34. The van der Waals surface area contributed by atoms with E-state index >= 15 is 0 Å². The Balaban J connectivity index is 1.69. The first-order valence-corrected chi connectivity index (χ1v) is 8.59. The van der Waals surface area contributed by atoms with Crippen molar-refractivity contribution in [2.45, 2.75) is 26.8 Å². The van der Waals surface area contributed by atoms with Crippen molar-refractivity contribution in [1.29, 1.82) is 0 Å². The fourth-order valence-corrected chi connectivity index (χ4v) is 3.34. The van der Waals surface area contributed by atoms with E-state index in [1.807, 2.05) is 61.1 Å². The molecule has 3 heterocycles. The van der Waals surface area contributed by atoms with Gasteiger partial charge in [-0.3, -0.25) is 4.68 Å². The topological polar surface area (TPSA) is 72.9 Å². The van der Waals surface area contributed by atoms with E-state index < -0.39 is 0 Å². The van der Waals surface area contributed by atoms with Crippen LogP contribution in [0.3, 0.4) is 0 Å². The van der Waals surface area contributed by atoms with Gasteiger partial charge in [-0.05, 0) is 32.9 Å². The van der Waals surface area contributed by atoms with E-state index in [-0.39, 0.29) is 6.04 Å². The van der Waals surface area contributed by atoms with Gasteiger partial charge < -0.3 is 5.32 Å². The molecule has 0 aliphatic heterocycles. The van der Waals surface area contributed by atoms with Gasteiger partial charge in [0, 0.05) is 23.9 Å².